The van der Waals surface area contributed by atoms with E-state index in [2.05, 4.69) is 6.58 Å². The molecule has 2 atom stereocenters. The number of rotatable bonds is 3. The molecule has 1 N–H and O–H groups in total. The lowest BCUT2D eigenvalue weighted by atomic mass is 10.1. The molecule has 0 spiro atoms. The van der Waals surface area contributed by atoms with E-state index >= 15 is 0 Å². The molecule has 15 heavy (non-hydrogen) atoms. The van der Waals surface area contributed by atoms with Gasteiger partial charge in [0.2, 0.25) is 0 Å². The van der Waals surface area contributed by atoms with Crippen LogP contribution in [-0.2, 0) is 9.53 Å². The largest absolute Gasteiger partial charge is 0.481 e. The van der Waals surface area contributed by atoms with Crippen LogP contribution in [-0.4, -0.2) is 41.3 Å². The van der Waals surface area contributed by atoms with Gasteiger partial charge < -0.3 is 14.7 Å². The van der Waals surface area contributed by atoms with Gasteiger partial charge in [-0.25, -0.2) is 4.79 Å². The fourth-order valence-electron chi connectivity index (χ4n) is 1.68. The second kappa shape index (κ2) is 4.82. The molecule has 84 valence electrons. The average molecular weight is 213 g/mol. The van der Waals surface area contributed by atoms with Crippen LogP contribution in [0.15, 0.2) is 12.7 Å². The van der Waals surface area contributed by atoms with Crippen molar-refractivity contribution in [2.45, 2.75) is 19.4 Å². The molecule has 5 heteroatoms. The van der Waals surface area contributed by atoms with Crippen LogP contribution in [0.5, 0.6) is 0 Å². The van der Waals surface area contributed by atoms with Crippen molar-refractivity contribution in [3.63, 3.8) is 0 Å². The number of ether oxygens (including phenoxy) is 1. The van der Waals surface area contributed by atoms with Gasteiger partial charge in [0.15, 0.2) is 0 Å². The van der Waals surface area contributed by atoms with E-state index < -0.39 is 18.0 Å². The number of amides is 1. The van der Waals surface area contributed by atoms with Crippen LogP contribution in [0, 0.1) is 5.92 Å². The lowest BCUT2D eigenvalue weighted by molar-refractivity contribution is -0.141. The van der Waals surface area contributed by atoms with Gasteiger partial charge in [-0.3, -0.25) is 4.79 Å². The van der Waals surface area contributed by atoms with Crippen LogP contribution in [0.25, 0.3) is 0 Å². The highest BCUT2D eigenvalue weighted by Crippen LogP contribution is 2.23. The first-order chi connectivity index (χ1) is 7.06. The summed E-state index contributed by atoms with van der Waals surface area (Å²) >= 11 is 0. The third-order valence-corrected chi connectivity index (χ3v) is 2.48. The molecule has 1 heterocycles. The Kier molecular flexibility index (Phi) is 3.71. The molecule has 0 aromatic rings. The van der Waals surface area contributed by atoms with Crippen LogP contribution < -0.4 is 0 Å². The zero-order chi connectivity index (χ0) is 11.4. The Morgan fingerprint density at radius 1 is 1.67 bits per heavy atom. The first-order valence-corrected chi connectivity index (χ1v) is 4.83. The van der Waals surface area contributed by atoms with Crippen molar-refractivity contribution in [3.8, 4) is 0 Å². The standard InChI is InChI=1S/C10H15NO4/c1-3-4-15-10(14)11-6-8(9(12)13)5-7(11)2/h3,7-8H,1,4-6H2,2H3,(H,12,13). The Morgan fingerprint density at radius 2 is 2.33 bits per heavy atom. The van der Waals surface area contributed by atoms with Gasteiger partial charge in [0, 0.05) is 12.6 Å². The maximum atomic E-state index is 11.4. The van der Waals surface area contributed by atoms with Crippen molar-refractivity contribution in [2.24, 2.45) is 5.92 Å². The summed E-state index contributed by atoms with van der Waals surface area (Å²) in [6.45, 7) is 5.63. The van der Waals surface area contributed by atoms with Gasteiger partial charge in [-0.2, -0.15) is 0 Å². The summed E-state index contributed by atoms with van der Waals surface area (Å²) in [7, 11) is 0. The summed E-state index contributed by atoms with van der Waals surface area (Å²) in [5.41, 5.74) is 0. The average Bonchev–Trinajstić information content (AvgIpc) is 2.57. The minimum Gasteiger partial charge on any atom is -0.481 e. The Bertz CT molecular complexity index is 277. The molecule has 0 bridgehead atoms. The van der Waals surface area contributed by atoms with Crippen LogP contribution >= 0.6 is 0 Å². The predicted molar refractivity (Wildman–Crippen MR) is 53.5 cm³/mol. The zero-order valence-corrected chi connectivity index (χ0v) is 8.68. The smallest absolute Gasteiger partial charge is 0.410 e. The monoisotopic (exact) mass is 213 g/mol. The molecular weight excluding hydrogens is 198 g/mol. The van der Waals surface area contributed by atoms with Crippen LogP contribution in [0.4, 0.5) is 4.79 Å². The molecule has 0 aromatic heterocycles. The Balaban J connectivity index is 2.52. The molecule has 0 radical (unpaired) electrons. The third-order valence-electron chi connectivity index (χ3n) is 2.48. The Labute approximate surface area is 88.3 Å². The lowest BCUT2D eigenvalue weighted by Gasteiger charge is -2.19. The molecule has 1 rings (SSSR count). The van der Waals surface area contributed by atoms with Crippen molar-refractivity contribution >= 4 is 12.1 Å². The molecule has 0 saturated carbocycles. The predicted octanol–water partition coefficient (Wildman–Crippen LogP) is 1.10. The number of likely N-dealkylation sites (tertiary alicyclic amines) is 1. The highest BCUT2D eigenvalue weighted by molar-refractivity contribution is 5.74. The summed E-state index contributed by atoms with van der Waals surface area (Å²) in [6.07, 6.45) is 1.50. The molecule has 1 saturated heterocycles. The molecule has 1 aliphatic heterocycles. The van der Waals surface area contributed by atoms with E-state index in [1.54, 1.807) is 0 Å². The fraction of sp³-hybridized carbons (Fsp3) is 0.600. The van der Waals surface area contributed by atoms with Crippen molar-refractivity contribution < 1.29 is 19.4 Å². The molecule has 0 aliphatic carbocycles. The molecule has 5 nitrogen and oxygen atoms in total. The van der Waals surface area contributed by atoms with Gasteiger partial charge >= 0.3 is 12.1 Å². The summed E-state index contributed by atoms with van der Waals surface area (Å²) in [6, 6.07) is -0.0802. The van der Waals surface area contributed by atoms with E-state index in [0.717, 1.165) is 0 Å². The minimum atomic E-state index is -0.860. The molecule has 1 aliphatic rings. The van der Waals surface area contributed by atoms with Gasteiger partial charge in [0.05, 0.1) is 5.92 Å². The van der Waals surface area contributed by atoms with Crippen LogP contribution in [0.3, 0.4) is 0 Å². The van der Waals surface area contributed by atoms with E-state index in [0.29, 0.717) is 6.42 Å². The molecule has 2 unspecified atom stereocenters. The number of carboxylic acids is 1. The summed E-state index contributed by atoms with van der Waals surface area (Å²) in [5, 5.41) is 8.81. The molecule has 1 amide bonds. The summed E-state index contributed by atoms with van der Waals surface area (Å²) in [5.74, 6) is -1.34. The Morgan fingerprint density at radius 3 is 2.80 bits per heavy atom. The second-order valence-corrected chi connectivity index (χ2v) is 3.64. The molecule has 0 aromatic carbocycles. The third kappa shape index (κ3) is 2.71. The maximum Gasteiger partial charge on any atom is 0.410 e. The van der Waals surface area contributed by atoms with Gasteiger partial charge in [-0.05, 0) is 13.3 Å². The fourth-order valence-corrected chi connectivity index (χ4v) is 1.68. The van der Waals surface area contributed by atoms with Crippen molar-refractivity contribution in [2.75, 3.05) is 13.2 Å². The quantitative estimate of drug-likeness (QED) is 0.713. The SMILES string of the molecule is C=CCOC(=O)N1CC(C(=O)O)CC1C. The van der Waals surface area contributed by atoms with Gasteiger partial charge in [0.1, 0.15) is 6.61 Å². The zero-order valence-electron chi connectivity index (χ0n) is 8.68. The first kappa shape index (κ1) is 11.6. The van der Waals surface area contributed by atoms with Crippen molar-refractivity contribution in [1.82, 2.24) is 4.90 Å². The minimum absolute atomic E-state index is 0.0802. The number of nitrogens with zero attached hydrogens (tertiary/aromatic N) is 1. The molecule has 1 fully saturated rings. The normalized spacial score (nSPS) is 25.0. The van der Waals surface area contributed by atoms with E-state index in [1.165, 1.54) is 11.0 Å². The van der Waals surface area contributed by atoms with E-state index in [4.69, 9.17) is 9.84 Å². The number of carbonyl (C=O) groups excluding carboxylic acids is 1. The first-order valence-electron chi connectivity index (χ1n) is 4.83. The number of hydrogen-bond acceptors (Lipinski definition) is 3. The highest BCUT2D eigenvalue weighted by atomic mass is 16.6. The van der Waals surface area contributed by atoms with Crippen LogP contribution in [0.2, 0.25) is 0 Å². The number of aliphatic carboxylic acids is 1. The van der Waals surface area contributed by atoms with Crippen LogP contribution in [0.1, 0.15) is 13.3 Å². The topological polar surface area (TPSA) is 66.8 Å². The molecular formula is C10H15NO4. The van der Waals surface area contributed by atoms with Crippen molar-refractivity contribution in [1.29, 1.82) is 0 Å². The van der Waals surface area contributed by atoms with Crippen molar-refractivity contribution in [3.05, 3.63) is 12.7 Å². The van der Waals surface area contributed by atoms with Gasteiger partial charge in [0.25, 0.3) is 0 Å². The summed E-state index contributed by atoms with van der Waals surface area (Å²) in [4.78, 5) is 23.6. The van der Waals surface area contributed by atoms with Gasteiger partial charge in [-0.15, -0.1) is 0 Å². The number of hydrogen-bond donors (Lipinski definition) is 1. The van der Waals surface area contributed by atoms with E-state index in [9.17, 15) is 9.59 Å². The van der Waals surface area contributed by atoms with E-state index in [1.807, 2.05) is 6.92 Å². The lowest BCUT2D eigenvalue weighted by Crippen LogP contribution is -2.35. The van der Waals surface area contributed by atoms with E-state index in [-0.39, 0.29) is 19.2 Å². The maximum absolute atomic E-state index is 11.4. The van der Waals surface area contributed by atoms with Gasteiger partial charge in [-0.1, -0.05) is 12.7 Å². The number of carbonyl (C=O) groups is 2. The second-order valence-electron chi connectivity index (χ2n) is 3.64. The number of carboxylic acid groups (broad SMARTS) is 1. The summed E-state index contributed by atoms with van der Waals surface area (Å²) < 4.78 is 4.85. The highest BCUT2D eigenvalue weighted by Gasteiger charge is 2.36. The Hall–Kier alpha value is -1.52.